The van der Waals surface area contributed by atoms with Crippen molar-refractivity contribution in [2.24, 2.45) is 5.73 Å². The summed E-state index contributed by atoms with van der Waals surface area (Å²) in [5, 5.41) is 6.19. The highest BCUT2D eigenvalue weighted by atomic mass is 35.5. The molecule has 7 nitrogen and oxygen atoms in total. The molecule has 2 amide bonds. The second kappa shape index (κ2) is 12.0. The summed E-state index contributed by atoms with van der Waals surface area (Å²) in [5.74, 6) is 0.460. The minimum Gasteiger partial charge on any atom is -0.495 e. The van der Waals surface area contributed by atoms with Gasteiger partial charge in [0, 0.05) is 16.9 Å². The minimum atomic E-state index is -1.46. The van der Waals surface area contributed by atoms with Gasteiger partial charge in [-0.2, -0.15) is 0 Å². The number of nitrogens with one attached hydrogen (secondary N) is 3. The van der Waals surface area contributed by atoms with E-state index in [1.54, 1.807) is 43.3 Å². The standard InChI is InChI=1S/C26H30Cl2N4O3S/c1-16(21-13-14-22(35-4)24(28)23(21)27)30-25(33)31-18-9-11-20(12-10-18)36(34)32-19-7-5-17(6-8-19)15-26(2,3)29/h5-14,16,32H,15,29H2,1-4H3,(H2,30,31,33)/t16-,36?/m0/s1. The molecule has 0 saturated heterocycles. The number of amides is 2. The molecule has 5 N–H and O–H groups in total. The topological polar surface area (TPSA) is 105 Å². The number of nitrogens with two attached hydrogens (primary N) is 1. The largest absolute Gasteiger partial charge is 0.495 e. The molecule has 192 valence electrons. The van der Waals surface area contributed by atoms with Crippen LogP contribution < -0.4 is 25.8 Å². The second-order valence-electron chi connectivity index (χ2n) is 9.06. The molecule has 0 heterocycles. The van der Waals surface area contributed by atoms with Crippen LogP contribution in [0.5, 0.6) is 5.75 Å². The van der Waals surface area contributed by atoms with Crippen molar-refractivity contribution in [2.45, 2.75) is 43.7 Å². The molecule has 3 rings (SSSR count). The Morgan fingerprint density at radius 3 is 2.19 bits per heavy atom. The van der Waals surface area contributed by atoms with Gasteiger partial charge in [-0.3, -0.25) is 0 Å². The highest BCUT2D eigenvalue weighted by molar-refractivity contribution is 7.86. The van der Waals surface area contributed by atoms with Crippen LogP contribution in [-0.2, 0) is 17.4 Å². The molecule has 0 spiro atoms. The number of hydrogen-bond acceptors (Lipinski definition) is 4. The first-order valence-corrected chi connectivity index (χ1v) is 13.1. The van der Waals surface area contributed by atoms with Gasteiger partial charge < -0.3 is 25.8 Å². The van der Waals surface area contributed by atoms with Gasteiger partial charge in [0.2, 0.25) is 0 Å². The maximum atomic E-state index is 12.7. The predicted octanol–water partition coefficient (Wildman–Crippen LogP) is 6.30. The van der Waals surface area contributed by atoms with Gasteiger partial charge in [0.05, 0.1) is 23.1 Å². The molecule has 36 heavy (non-hydrogen) atoms. The Morgan fingerprint density at radius 2 is 1.61 bits per heavy atom. The summed E-state index contributed by atoms with van der Waals surface area (Å²) in [5.41, 5.74) is 8.83. The van der Waals surface area contributed by atoms with Crippen molar-refractivity contribution in [1.29, 1.82) is 0 Å². The Bertz CT molecular complexity index is 1230. The number of methoxy groups -OCH3 is 1. The number of halogens is 2. The number of urea groups is 1. The zero-order valence-corrected chi connectivity index (χ0v) is 22.9. The van der Waals surface area contributed by atoms with Crippen molar-refractivity contribution in [3.63, 3.8) is 0 Å². The van der Waals surface area contributed by atoms with Crippen LogP contribution in [0.15, 0.2) is 65.6 Å². The summed E-state index contributed by atoms with van der Waals surface area (Å²) in [6, 6.07) is 17.1. The lowest BCUT2D eigenvalue weighted by atomic mass is 9.96. The minimum absolute atomic E-state index is 0.290. The van der Waals surface area contributed by atoms with Crippen molar-refractivity contribution in [1.82, 2.24) is 5.32 Å². The third kappa shape index (κ3) is 7.61. The number of ether oxygens (including phenoxy) is 1. The van der Waals surface area contributed by atoms with Crippen LogP contribution in [0.4, 0.5) is 16.2 Å². The summed E-state index contributed by atoms with van der Waals surface area (Å²) in [7, 11) is 0.0414. The monoisotopic (exact) mass is 548 g/mol. The van der Waals surface area contributed by atoms with E-state index in [2.05, 4.69) is 15.4 Å². The fourth-order valence-corrected chi connectivity index (χ4v) is 4.95. The van der Waals surface area contributed by atoms with Crippen LogP contribution in [0, 0.1) is 0 Å². The lowest BCUT2D eigenvalue weighted by Crippen LogP contribution is -2.34. The molecular weight excluding hydrogens is 519 g/mol. The first-order chi connectivity index (χ1) is 17.0. The van der Waals surface area contributed by atoms with Gasteiger partial charge in [-0.05, 0) is 80.8 Å². The molecule has 0 aliphatic carbocycles. The van der Waals surface area contributed by atoms with Gasteiger partial charge in [0.15, 0.2) is 0 Å². The molecule has 0 radical (unpaired) electrons. The smallest absolute Gasteiger partial charge is 0.319 e. The maximum absolute atomic E-state index is 12.7. The Morgan fingerprint density at radius 1 is 1.00 bits per heavy atom. The molecule has 1 unspecified atom stereocenters. The predicted molar refractivity (Wildman–Crippen MR) is 148 cm³/mol. The Kier molecular flexibility index (Phi) is 9.24. The van der Waals surface area contributed by atoms with Crippen molar-refractivity contribution in [3.8, 4) is 5.75 Å². The van der Waals surface area contributed by atoms with E-state index in [1.807, 2.05) is 38.1 Å². The highest BCUT2D eigenvalue weighted by Gasteiger charge is 2.17. The summed E-state index contributed by atoms with van der Waals surface area (Å²) >= 11 is 12.5. The van der Waals surface area contributed by atoms with Crippen molar-refractivity contribution >= 4 is 51.6 Å². The SMILES string of the molecule is COc1ccc([C@H](C)NC(=O)Nc2ccc(S(=O)Nc3ccc(CC(C)(C)N)cc3)cc2)c(Cl)c1Cl. The Labute approximate surface area is 224 Å². The maximum Gasteiger partial charge on any atom is 0.319 e. The molecule has 0 aromatic heterocycles. The normalized spacial score (nSPS) is 13.0. The number of carbonyl (C=O) groups is 1. The molecule has 2 atom stereocenters. The van der Waals surface area contributed by atoms with Crippen molar-refractivity contribution < 1.29 is 13.7 Å². The first-order valence-electron chi connectivity index (χ1n) is 11.2. The van der Waals surface area contributed by atoms with Gasteiger partial charge in [-0.25, -0.2) is 9.00 Å². The van der Waals surface area contributed by atoms with Gasteiger partial charge in [-0.15, -0.1) is 0 Å². The number of hydrogen-bond donors (Lipinski definition) is 4. The molecular formula is C26H30Cl2N4O3S. The molecule has 3 aromatic rings. The average molecular weight is 550 g/mol. The molecule has 0 aliphatic heterocycles. The Balaban J connectivity index is 1.56. The van der Waals surface area contributed by atoms with Crippen molar-refractivity contribution in [3.05, 3.63) is 81.8 Å². The van der Waals surface area contributed by atoms with Crippen molar-refractivity contribution in [2.75, 3.05) is 17.1 Å². The average Bonchev–Trinajstić information content (AvgIpc) is 2.81. The summed E-state index contributed by atoms with van der Waals surface area (Å²) in [4.78, 5) is 13.1. The van der Waals surface area contributed by atoms with E-state index >= 15 is 0 Å². The fourth-order valence-electron chi connectivity index (χ4n) is 3.52. The first kappa shape index (κ1) is 27.8. The van der Waals surface area contributed by atoms with Gasteiger partial charge >= 0.3 is 6.03 Å². The number of benzene rings is 3. The molecule has 10 heteroatoms. The third-order valence-electron chi connectivity index (χ3n) is 5.26. The van der Waals surface area contributed by atoms with E-state index in [-0.39, 0.29) is 5.54 Å². The van der Waals surface area contributed by atoms with Gasteiger partial charge in [0.25, 0.3) is 0 Å². The van der Waals surface area contributed by atoms with Crippen LogP contribution in [0.3, 0.4) is 0 Å². The van der Waals surface area contributed by atoms with Crippen LogP contribution in [0.2, 0.25) is 10.0 Å². The summed E-state index contributed by atoms with van der Waals surface area (Å²) in [6.07, 6.45) is 0.748. The summed E-state index contributed by atoms with van der Waals surface area (Å²) < 4.78 is 20.9. The van der Waals surface area contributed by atoms with E-state index in [9.17, 15) is 9.00 Å². The van der Waals surface area contributed by atoms with Crippen LogP contribution in [-0.4, -0.2) is 22.9 Å². The number of anilines is 2. The zero-order valence-electron chi connectivity index (χ0n) is 20.5. The van der Waals surface area contributed by atoms with Crippen LogP contribution in [0.25, 0.3) is 0 Å². The number of carbonyl (C=O) groups excluding carboxylic acids is 1. The summed E-state index contributed by atoms with van der Waals surface area (Å²) in [6.45, 7) is 5.75. The lowest BCUT2D eigenvalue weighted by Gasteiger charge is -2.18. The molecule has 0 fully saturated rings. The van der Waals surface area contributed by atoms with E-state index < -0.39 is 23.1 Å². The number of rotatable bonds is 9. The van der Waals surface area contributed by atoms with Crippen LogP contribution in [0.1, 0.15) is 37.9 Å². The zero-order chi connectivity index (χ0) is 26.5. The third-order valence-corrected chi connectivity index (χ3v) is 7.26. The van der Waals surface area contributed by atoms with E-state index in [0.29, 0.717) is 31.9 Å². The lowest BCUT2D eigenvalue weighted by molar-refractivity contribution is 0.249. The Hall–Kier alpha value is -2.78. The molecule has 0 bridgehead atoms. The molecule has 0 aliphatic rings. The van der Waals surface area contributed by atoms with Gasteiger partial charge in [0.1, 0.15) is 21.8 Å². The quantitative estimate of drug-likeness (QED) is 0.251. The second-order valence-corrected chi connectivity index (χ2v) is 11.0. The fraction of sp³-hybridized carbons (Fsp3) is 0.269. The van der Waals surface area contributed by atoms with Crippen LogP contribution >= 0.6 is 23.2 Å². The van der Waals surface area contributed by atoms with E-state index in [1.165, 1.54) is 7.11 Å². The molecule has 3 aromatic carbocycles. The highest BCUT2D eigenvalue weighted by Crippen LogP contribution is 2.37. The van der Waals surface area contributed by atoms with E-state index in [4.69, 9.17) is 33.7 Å². The van der Waals surface area contributed by atoms with E-state index in [0.717, 1.165) is 17.7 Å². The van der Waals surface area contributed by atoms with Gasteiger partial charge in [-0.1, -0.05) is 41.4 Å². The molecule has 0 saturated carbocycles.